The van der Waals surface area contributed by atoms with Crippen molar-refractivity contribution >= 4 is 5.91 Å². The topological polar surface area (TPSA) is 29.5 Å². The van der Waals surface area contributed by atoms with Crippen LogP contribution in [0.3, 0.4) is 0 Å². The molecule has 3 nitrogen and oxygen atoms in total. The summed E-state index contributed by atoms with van der Waals surface area (Å²) in [5, 5.41) is 0. The fraction of sp³-hybridized carbons (Fsp3) is 0.211. The number of ether oxygens (including phenoxy) is 1. The van der Waals surface area contributed by atoms with Crippen molar-refractivity contribution in [2.24, 2.45) is 0 Å². The van der Waals surface area contributed by atoms with E-state index in [0.29, 0.717) is 13.2 Å². The maximum Gasteiger partial charge on any atom is 0.255 e. The van der Waals surface area contributed by atoms with Gasteiger partial charge in [-0.25, -0.2) is 0 Å². The molecule has 0 saturated carbocycles. The van der Waals surface area contributed by atoms with Gasteiger partial charge in [-0.3, -0.25) is 4.79 Å². The van der Waals surface area contributed by atoms with Gasteiger partial charge in [0.2, 0.25) is 0 Å². The number of carbonyl (C=O) groups is 1. The molecule has 1 aliphatic rings. The second-order valence-electron chi connectivity index (χ2n) is 5.40. The Hall–Kier alpha value is -2.39. The summed E-state index contributed by atoms with van der Waals surface area (Å²) in [6.07, 6.45) is 1.38. The first-order valence-electron chi connectivity index (χ1n) is 7.42. The molecule has 3 rings (SSSR count). The Bertz CT molecular complexity index is 639. The van der Waals surface area contributed by atoms with Crippen molar-refractivity contribution in [1.29, 1.82) is 0 Å². The second kappa shape index (κ2) is 6.58. The van der Waals surface area contributed by atoms with Gasteiger partial charge in [0, 0.05) is 6.54 Å². The molecule has 2 aromatic rings. The third-order valence-electron chi connectivity index (χ3n) is 3.91. The van der Waals surface area contributed by atoms with Crippen molar-refractivity contribution in [3.63, 3.8) is 0 Å². The maximum absolute atomic E-state index is 12.3. The molecule has 2 atom stereocenters. The van der Waals surface area contributed by atoms with Gasteiger partial charge in [0.25, 0.3) is 5.91 Å². The fourth-order valence-corrected chi connectivity index (χ4v) is 2.68. The molecule has 0 spiro atoms. The first-order valence-corrected chi connectivity index (χ1v) is 7.42. The first-order chi connectivity index (χ1) is 10.8. The number of rotatable bonds is 6. The summed E-state index contributed by atoms with van der Waals surface area (Å²) in [6, 6.07) is 19.8. The Kier molecular flexibility index (Phi) is 4.35. The van der Waals surface area contributed by atoms with E-state index in [-0.39, 0.29) is 11.9 Å². The molecule has 1 amide bonds. The zero-order valence-electron chi connectivity index (χ0n) is 12.4. The Labute approximate surface area is 130 Å². The number of carbonyl (C=O) groups excluding carboxylic acids is 1. The number of amides is 1. The third kappa shape index (κ3) is 2.95. The Morgan fingerprint density at radius 1 is 1.00 bits per heavy atom. The number of likely N-dealkylation sites (tertiary alicyclic amines) is 1. The molecule has 0 radical (unpaired) electrons. The van der Waals surface area contributed by atoms with E-state index in [4.69, 9.17) is 4.74 Å². The largest absolute Gasteiger partial charge is 0.361 e. The van der Waals surface area contributed by atoms with Crippen LogP contribution in [-0.4, -0.2) is 23.0 Å². The molecule has 22 heavy (non-hydrogen) atoms. The van der Waals surface area contributed by atoms with Gasteiger partial charge < -0.3 is 9.64 Å². The summed E-state index contributed by atoms with van der Waals surface area (Å²) < 4.78 is 5.79. The summed E-state index contributed by atoms with van der Waals surface area (Å²) in [5.74, 6) is 0.0321. The monoisotopic (exact) mass is 293 g/mol. The first kappa shape index (κ1) is 14.5. The normalized spacial score (nSPS) is 20.5. The van der Waals surface area contributed by atoms with Crippen molar-refractivity contribution in [3.05, 3.63) is 84.4 Å². The van der Waals surface area contributed by atoms with Gasteiger partial charge in [-0.05, 0) is 11.1 Å². The van der Waals surface area contributed by atoms with Crippen LogP contribution in [-0.2, 0) is 22.7 Å². The fourth-order valence-electron chi connectivity index (χ4n) is 2.68. The van der Waals surface area contributed by atoms with Crippen LogP contribution in [0.15, 0.2) is 73.3 Å². The van der Waals surface area contributed by atoms with E-state index >= 15 is 0 Å². The van der Waals surface area contributed by atoms with Crippen molar-refractivity contribution in [3.8, 4) is 0 Å². The van der Waals surface area contributed by atoms with Crippen LogP contribution in [0.25, 0.3) is 0 Å². The average Bonchev–Trinajstić information content (AvgIpc) is 2.58. The molecule has 0 bridgehead atoms. The third-order valence-corrected chi connectivity index (χ3v) is 3.91. The van der Waals surface area contributed by atoms with E-state index in [1.807, 2.05) is 60.7 Å². The Balaban J connectivity index is 1.60. The highest BCUT2D eigenvalue weighted by molar-refractivity contribution is 5.89. The molecule has 1 heterocycles. The summed E-state index contributed by atoms with van der Waals surface area (Å²) >= 11 is 0. The average molecular weight is 293 g/mol. The molecule has 1 fully saturated rings. The van der Waals surface area contributed by atoms with Gasteiger partial charge in [0.15, 0.2) is 6.10 Å². The van der Waals surface area contributed by atoms with Crippen LogP contribution in [0.5, 0.6) is 0 Å². The van der Waals surface area contributed by atoms with Gasteiger partial charge in [-0.1, -0.05) is 66.7 Å². The summed E-state index contributed by atoms with van der Waals surface area (Å²) in [6.45, 7) is 4.88. The molecular formula is C19H19NO2. The lowest BCUT2D eigenvalue weighted by atomic mass is 9.96. The molecule has 0 aliphatic carbocycles. The molecular weight excluding hydrogens is 274 g/mol. The highest BCUT2D eigenvalue weighted by Crippen LogP contribution is 2.27. The standard InChI is InChI=1S/C19H19NO2/c1-2-17-18(22-14-16-11-7-4-8-12-16)19(21)20(17)13-15-9-5-3-6-10-15/h2-12,17-18H,1,13-14H2/t17-,18+/m0/s1. The van der Waals surface area contributed by atoms with Crippen molar-refractivity contribution < 1.29 is 9.53 Å². The van der Waals surface area contributed by atoms with Crippen LogP contribution in [0.2, 0.25) is 0 Å². The van der Waals surface area contributed by atoms with Crippen LogP contribution < -0.4 is 0 Å². The lowest BCUT2D eigenvalue weighted by Crippen LogP contribution is -2.64. The predicted octanol–water partition coefficient (Wildman–Crippen LogP) is 3.17. The summed E-state index contributed by atoms with van der Waals surface area (Å²) in [5.41, 5.74) is 2.18. The number of benzene rings is 2. The second-order valence-corrected chi connectivity index (χ2v) is 5.40. The number of hydrogen-bond donors (Lipinski definition) is 0. The highest BCUT2D eigenvalue weighted by Gasteiger charge is 2.46. The van der Waals surface area contributed by atoms with Crippen LogP contribution in [0.4, 0.5) is 0 Å². The van der Waals surface area contributed by atoms with Crippen LogP contribution in [0, 0.1) is 0 Å². The van der Waals surface area contributed by atoms with E-state index < -0.39 is 6.10 Å². The van der Waals surface area contributed by atoms with E-state index in [9.17, 15) is 4.79 Å². The minimum Gasteiger partial charge on any atom is -0.361 e. The van der Waals surface area contributed by atoms with Gasteiger partial charge >= 0.3 is 0 Å². The predicted molar refractivity (Wildman–Crippen MR) is 86.0 cm³/mol. The minimum absolute atomic E-state index is 0.0321. The van der Waals surface area contributed by atoms with Gasteiger partial charge in [0.05, 0.1) is 12.6 Å². The molecule has 112 valence electrons. The number of nitrogens with zero attached hydrogens (tertiary/aromatic N) is 1. The Morgan fingerprint density at radius 3 is 2.18 bits per heavy atom. The quantitative estimate of drug-likeness (QED) is 0.605. The van der Waals surface area contributed by atoms with Gasteiger partial charge in [0.1, 0.15) is 0 Å². The van der Waals surface area contributed by atoms with Crippen LogP contribution in [0.1, 0.15) is 11.1 Å². The van der Waals surface area contributed by atoms with Crippen molar-refractivity contribution in [2.45, 2.75) is 25.3 Å². The molecule has 1 aliphatic heterocycles. The van der Waals surface area contributed by atoms with E-state index in [2.05, 4.69) is 6.58 Å². The molecule has 1 saturated heterocycles. The molecule has 2 aromatic carbocycles. The zero-order chi connectivity index (χ0) is 15.4. The van der Waals surface area contributed by atoms with Crippen molar-refractivity contribution in [2.75, 3.05) is 0 Å². The van der Waals surface area contributed by atoms with Crippen LogP contribution >= 0.6 is 0 Å². The molecule has 3 heteroatoms. The molecule has 0 unspecified atom stereocenters. The van der Waals surface area contributed by atoms with Crippen molar-refractivity contribution in [1.82, 2.24) is 4.90 Å². The number of hydrogen-bond acceptors (Lipinski definition) is 2. The minimum atomic E-state index is -0.415. The van der Waals surface area contributed by atoms with Gasteiger partial charge in [-0.15, -0.1) is 6.58 Å². The molecule has 0 aromatic heterocycles. The SMILES string of the molecule is C=C[C@H]1[C@@H](OCc2ccccc2)C(=O)N1Cc1ccccc1. The lowest BCUT2D eigenvalue weighted by molar-refractivity contribution is -0.172. The smallest absolute Gasteiger partial charge is 0.255 e. The summed E-state index contributed by atoms with van der Waals surface area (Å²) in [4.78, 5) is 14.1. The summed E-state index contributed by atoms with van der Waals surface area (Å²) in [7, 11) is 0. The Morgan fingerprint density at radius 2 is 1.59 bits per heavy atom. The molecule has 0 N–H and O–H groups in total. The van der Waals surface area contributed by atoms with E-state index in [1.54, 1.807) is 11.0 Å². The maximum atomic E-state index is 12.3. The zero-order valence-corrected chi connectivity index (χ0v) is 12.4. The van der Waals surface area contributed by atoms with E-state index in [0.717, 1.165) is 11.1 Å². The van der Waals surface area contributed by atoms with E-state index in [1.165, 1.54) is 0 Å². The highest BCUT2D eigenvalue weighted by atomic mass is 16.5. The lowest BCUT2D eigenvalue weighted by Gasteiger charge is -2.45. The number of β-lactam (4-membered cyclic amide) rings is 1. The van der Waals surface area contributed by atoms with Gasteiger partial charge in [-0.2, -0.15) is 0 Å².